The third-order valence-electron chi connectivity index (χ3n) is 5.76. The molecule has 4 heterocycles. The van der Waals surface area contributed by atoms with Crippen LogP contribution in [0, 0.1) is 12.1 Å². The molecular weight excluding hydrogens is 374 g/mol. The van der Waals surface area contributed by atoms with Crippen molar-refractivity contribution in [3.63, 3.8) is 0 Å². The van der Waals surface area contributed by atoms with Crippen LogP contribution in [0.5, 0.6) is 23.0 Å². The lowest BCUT2D eigenvalue weighted by Gasteiger charge is -2.21. The Kier molecular flexibility index (Phi) is 3.44. The van der Waals surface area contributed by atoms with Gasteiger partial charge in [-0.2, -0.15) is 0 Å². The first-order valence-corrected chi connectivity index (χ1v) is 9.72. The standard InChI is InChI=1S/C21H19N3O5/c1-12-18-14(9-17-20(12)29-11-28-17)22-21(23-6-2-3-7-23)24(25)19(18)13-4-5-15-16(8-13)27-10-26-15/h4-5,8-9H,2-3,6-7,10-11H2,1H3. The van der Waals surface area contributed by atoms with E-state index >= 15 is 0 Å². The molecule has 6 rings (SSSR count). The van der Waals surface area contributed by atoms with Crippen molar-refractivity contribution in [1.82, 2.24) is 4.98 Å². The second-order valence-electron chi connectivity index (χ2n) is 7.45. The van der Waals surface area contributed by atoms with Crippen molar-refractivity contribution in [2.24, 2.45) is 0 Å². The van der Waals surface area contributed by atoms with Crippen molar-refractivity contribution in [1.29, 1.82) is 0 Å². The van der Waals surface area contributed by atoms with E-state index in [0.29, 0.717) is 40.2 Å². The van der Waals surface area contributed by atoms with Crippen molar-refractivity contribution >= 4 is 16.9 Å². The zero-order valence-electron chi connectivity index (χ0n) is 15.9. The summed E-state index contributed by atoms with van der Waals surface area (Å²) in [6.45, 7) is 3.94. The zero-order chi connectivity index (χ0) is 19.5. The van der Waals surface area contributed by atoms with Crippen LogP contribution in [0.3, 0.4) is 0 Å². The number of anilines is 1. The quantitative estimate of drug-likeness (QED) is 0.489. The molecule has 1 fully saturated rings. The van der Waals surface area contributed by atoms with Crippen molar-refractivity contribution in [3.8, 4) is 34.3 Å². The van der Waals surface area contributed by atoms with Crippen LogP contribution in [0.1, 0.15) is 18.4 Å². The van der Waals surface area contributed by atoms with Gasteiger partial charge < -0.3 is 24.2 Å². The van der Waals surface area contributed by atoms with E-state index < -0.39 is 0 Å². The second-order valence-corrected chi connectivity index (χ2v) is 7.45. The minimum absolute atomic E-state index is 0.169. The van der Waals surface area contributed by atoms with Crippen LogP contribution in [0.2, 0.25) is 0 Å². The number of nitrogens with zero attached hydrogens (tertiary/aromatic N) is 3. The molecule has 0 spiro atoms. The number of aromatic nitrogens is 2. The SMILES string of the molecule is Cc1c2c(cc3nc(N4CCCC4)[n+]([O-])c(-c4ccc5c(c4)OCO5)c13)OCO2. The molecule has 0 bridgehead atoms. The molecule has 0 unspecified atom stereocenters. The summed E-state index contributed by atoms with van der Waals surface area (Å²) < 4.78 is 23.2. The first-order valence-electron chi connectivity index (χ1n) is 9.72. The van der Waals surface area contributed by atoms with Gasteiger partial charge in [-0.05, 0) is 38.0 Å². The zero-order valence-corrected chi connectivity index (χ0v) is 15.9. The number of ether oxygens (including phenoxy) is 4. The van der Waals surface area contributed by atoms with Crippen LogP contribution in [0.4, 0.5) is 5.95 Å². The fourth-order valence-corrected chi connectivity index (χ4v) is 4.35. The molecule has 0 saturated carbocycles. The molecule has 0 N–H and O–H groups in total. The van der Waals surface area contributed by atoms with Crippen molar-refractivity contribution in [3.05, 3.63) is 35.0 Å². The summed E-state index contributed by atoms with van der Waals surface area (Å²) in [5, 5.41) is 14.3. The molecule has 2 aromatic carbocycles. The smallest absolute Gasteiger partial charge is 0.395 e. The van der Waals surface area contributed by atoms with Crippen molar-refractivity contribution < 1.29 is 23.7 Å². The Morgan fingerprint density at radius 3 is 2.59 bits per heavy atom. The lowest BCUT2D eigenvalue weighted by molar-refractivity contribution is -0.581. The van der Waals surface area contributed by atoms with Gasteiger partial charge in [0.05, 0.1) is 18.5 Å². The minimum Gasteiger partial charge on any atom is -0.740 e. The monoisotopic (exact) mass is 393 g/mol. The van der Waals surface area contributed by atoms with E-state index in [2.05, 4.69) is 0 Å². The maximum Gasteiger partial charge on any atom is 0.395 e. The number of hydrogen-bond donors (Lipinski definition) is 0. The molecule has 0 atom stereocenters. The van der Waals surface area contributed by atoms with E-state index in [9.17, 15) is 5.21 Å². The largest absolute Gasteiger partial charge is 0.740 e. The Bertz CT molecular complexity index is 1160. The molecule has 0 amide bonds. The first-order chi connectivity index (χ1) is 14.2. The summed E-state index contributed by atoms with van der Waals surface area (Å²) in [4.78, 5) is 6.78. The minimum atomic E-state index is 0.169. The molecule has 1 saturated heterocycles. The van der Waals surface area contributed by atoms with E-state index in [1.165, 1.54) is 0 Å². The van der Waals surface area contributed by atoms with Gasteiger partial charge in [0, 0.05) is 17.2 Å². The van der Waals surface area contributed by atoms with Crippen LogP contribution >= 0.6 is 0 Å². The summed E-state index contributed by atoms with van der Waals surface area (Å²) >= 11 is 0. The Hall–Kier alpha value is -3.42. The van der Waals surface area contributed by atoms with Crippen LogP contribution < -0.4 is 28.6 Å². The maximum absolute atomic E-state index is 13.6. The van der Waals surface area contributed by atoms with E-state index in [1.807, 2.05) is 36.1 Å². The van der Waals surface area contributed by atoms with Crippen molar-refractivity contribution in [2.75, 3.05) is 31.6 Å². The topological polar surface area (TPSA) is 80.0 Å². The molecule has 8 nitrogen and oxygen atoms in total. The fourth-order valence-electron chi connectivity index (χ4n) is 4.35. The summed E-state index contributed by atoms with van der Waals surface area (Å²) in [5.41, 5.74) is 2.84. The maximum atomic E-state index is 13.6. The Labute approximate surface area is 166 Å². The summed E-state index contributed by atoms with van der Waals surface area (Å²) in [5.74, 6) is 3.05. The summed E-state index contributed by atoms with van der Waals surface area (Å²) in [6.07, 6.45) is 2.11. The molecule has 3 aliphatic heterocycles. The number of rotatable bonds is 2. The average Bonchev–Trinajstić information content (AvgIpc) is 3.48. The molecule has 8 heteroatoms. The van der Waals surface area contributed by atoms with Crippen LogP contribution in [-0.4, -0.2) is 31.7 Å². The highest BCUT2D eigenvalue weighted by atomic mass is 16.7. The lowest BCUT2D eigenvalue weighted by atomic mass is 10.0. The lowest BCUT2D eigenvalue weighted by Crippen LogP contribution is -2.40. The van der Waals surface area contributed by atoms with Gasteiger partial charge in [0.2, 0.25) is 13.6 Å². The molecule has 29 heavy (non-hydrogen) atoms. The van der Waals surface area contributed by atoms with Gasteiger partial charge in [0.1, 0.15) is 5.69 Å². The van der Waals surface area contributed by atoms with Gasteiger partial charge in [0.25, 0.3) is 0 Å². The summed E-state index contributed by atoms with van der Waals surface area (Å²) in [6, 6.07) is 7.43. The van der Waals surface area contributed by atoms with E-state index in [1.54, 1.807) is 0 Å². The molecule has 0 aliphatic carbocycles. The highest BCUT2D eigenvalue weighted by molar-refractivity contribution is 5.97. The summed E-state index contributed by atoms with van der Waals surface area (Å²) in [7, 11) is 0. The van der Waals surface area contributed by atoms with E-state index in [4.69, 9.17) is 23.9 Å². The molecule has 3 aromatic rings. The fraction of sp³-hybridized carbons (Fsp3) is 0.333. The third kappa shape index (κ3) is 2.38. The average molecular weight is 393 g/mol. The number of fused-ring (bicyclic) bond motifs is 3. The van der Waals surface area contributed by atoms with E-state index in [0.717, 1.165) is 47.2 Å². The first kappa shape index (κ1) is 16.5. The molecule has 148 valence electrons. The molecule has 0 radical (unpaired) electrons. The number of hydrogen-bond acceptors (Lipinski definition) is 7. The van der Waals surface area contributed by atoms with Gasteiger partial charge in [-0.1, -0.05) is 4.98 Å². The normalized spacial score (nSPS) is 16.8. The van der Waals surface area contributed by atoms with Crippen molar-refractivity contribution in [2.45, 2.75) is 19.8 Å². The van der Waals surface area contributed by atoms with Crippen LogP contribution in [-0.2, 0) is 0 Å². The number of aryl methyl sites for hydroxylation is 1. The molecular formula is C21H19N3O5. The number of benzene rings is 2. The van der Waals surface area contributed by atoms with E-state index in [-0.39, 0.29) is 13.6 Å². The third-order valence-corrected chi connectivity index (χ3v) is 5.76. The van der Waals surface area contributed by atoms with Gasteiger partial charge >= 0.3 is 5.95 Å². The predicted molar refractivity (Wildman–Crippen MR) is 105 cm³/mol. The molecule has 3 aliphatic rings. The second kappa shape index (κ2) is 6.04. The Morgan fingerprint density at radius 2 is 1.72 bits per heavy atom. The predicted octanol–water partition coefficient (Wildman–Crippen LogP) is 2.90. The van der Waals surface area contributed by atoms with Gasteiger partial charge in [-0.3, -0.25) is 4.90 Å². The highest BCUT2D eigenvalue weighted by Crippen LogP contribution is 2.44. The Morgan fingerprint density at radius 1 is 0.966 bits per heavy atom. The van der Waals surface area contributed by atoms with Crippen LogP contribution in [0.15, 0.2) is 24.3 Å². The van der Waals surface area contributed by atoms with Gasteiger partial charge in [-0.25, -0.2) is 4.73 Å². The molecule has 1 aromatic heterocycles. The van der Waals surface area contributed by atoms with Gasteiger partial charge in [0.15, 0.2) is 28.5 Å². The van der Waals surface area contributed by atoms with Crippen LogP contribution in [0.25, 0.3) is 22.2 Å². The Balaban J connectivity index is 1.67. The van der Waals surface area contributed by atoms with Gasteiger partial charge in [-0.15, -0.1) is 0 Å². The highest BCUT2D eigenvalue weighted by Gasteiger charge is 2.31.